The first-order valence-electron chi connectivity index (χ1n) is 4.00. The molecule has 2 N–H and O–H groups in total. The zero-order valence-corrected chi connectivity index (χ0v) is 13.6. The first-order chi connectivity index (χ1) is 7.00. The number of benzene rings is 1. The Morgan fingerprint density at radius 1 is 1.18 bits per heavy atom. The van der Waals surface area contributed by atoms with E-state index in [1.807, 2.05) is 0 Å². The summed E-state index contributed by atoms with van der Waals surface area (Å²) in [6.07, 6.45) is 1.93. The molecule has 0 aliphatic carbocycles. The van der Waals surface area contributed by atoms with Crippen molar-refractivity contribution in [1.29, 1.82) is 0 Å². The molecule has 0 atom stereocenters. The largest absolute Gasteiger partial charge is 1.00 e. The van der Waals surface area contributed by atoms with Crippen LogP contribution in [0, 0.1) is 0 Å². The van der Waals surface area contributed by atoms with E-state index in [0.717, 1.165) is 12.2 Å². The van der Waals surface area contributed by atoms with Crippen LogP contribution in [0.15, 0.2) is 24.3 Å². The fourth-order valence-corrected chi connectivity index (χ4v) is 1.00. The Bertz CT molecular complexity index is 446. The summed E-state index contributed by atoms with van der Waals surface area (Å²) in [6.45, 7) is 0. The average Bonchev–Trinajstić information content (AvgIpc) is 2.16. The number of hydrogen-bond acceptors (Lipinski definition) is 5. The molecule has 0 aromatic heterocycles. The molecule has 5 nitrogen and oxygen atoms in total. The summed E-state index contributed by atoms with van der Waals surface area (Å²) in [5, 5.41) is 20.6. The first kappa shape index (κ1) is 19.0. The van der Waals surface area contributed by atoms with E-state index in [2.05, 4.69) is 0 Å². The molecular formula is C10H7NNa2O4. The van der Waals surface area contributed by atoms with Gasteiger partial charge >= 0.3 is 59.1 Å². The molecule has 0 fully saturated rings. The van der Waals surface area contributed by atoms with Crippen LogP contribution in [0.1, 0.15) is 15.9 Å². The van der Waals surface area contributed by atoms with E-state index in [1.165, 1.54) is 18.2 Å². The molecule has 1 aromatic carbocycles. The van der Waals surface area contributed by atoms with Crippen molar-refractivity contribution in [3.05, 3.63) is 35.4 Å². The Kier molecular flexibility index (Phi) is 9.80. The number of anilines is 1. The summed E-state index contributed by atoms with van der Waals surface area (Å²) in [4.78, 5) is 20.6. The van der Waals surface area contributed by atoms with Crippen molar-refractivity contribution >= 4 is 23.7 Å². The maximum atomic E-state index is 10.5. The van der Waals surface area contributed by atoms with Crippen LogP contribution in [-0.2, 0) is 4.79 Å². The van der Waals surface area contributed by atoms with Gasteiger partial charge in [-0.25, -0.2) is 0 Å². The third-order valence-electron chi connectivity index (χ3n) is 1.72. The molecule has 0 aliphatic heterocycles. The minimum atomic E-state index is -1.38. The minimum absolute atomic E-state index is 0. The summed E-state index contributed by atoms with van der Waals surface area (Å²) < 4.78 is 0. The van der Waals surface area contributed by atoms with Gasteiger partial charge in [-0.05, 0) is 29.3 Å². The second-order valence-corrected chi connectivity index (χ2v) is 2.78. The van der Waals surface area contributed by atoms with Gasteiger partial charge in [-0.1, -0.05) is 12.1 Å². The molecular weight excluding hydrogens is 244 g/mol. The third-order valence-corrected chi connectivity index (χ3v) is 1.72. The zero-order valence-electron chi connectivity index (χ0n) is 9.60. The van der Waals surface area contributed by atoms with Gasteiger partial charge in [-0.15, -0.1) is 0 Å². The second kappa shape index (κ2) is 8.74. The van der Waals surface area contributed by atoms with E-state index in [-0.39, 0.29) is 70.4 Å². The number of hydrogen-bond donors (Lipinski definition) is 1. The van der Waals surface area contributed by atoms with Gasteiger partial charge in [0.15, 0.2) is 0 Å². The number of carboxylic acids is 2. The second-order valence-electron chi connectivity index (χ2n) is 2.78. The van der Waals surface area contributed by atoms with Gasteiger partial charge in [0.25, 0.3) is 0 Å². The van der Waals surface area contributed by atoms with Crippen LogP contribution in [0.3, 0.4) is 0 Å². The monoisotopic (exact) mass is 251 g/mol. The van der Waals surface area contributed by atoms with Gasteiger partial charge < -0.3 is 25.5 Å². The van der Waals surface area contributed by atoms with Crippen molar-refractivity contribution in [2.75, 3.05) is 5.73 Å². The molecule has 0 spiro atoms. The van der Waals surface area contributed by atoms with Crippen molar-refractivity contribution in [1.82, 2.24) is 0 Å². The summed E-state index contributed by atoms with van der Waals surface area (Å²) in [5.41, 5.74) is 6.00. The van der Waals surface area contributed by atoms with Crippen molar-refractivity contribution in [3.8, 4) is 0 Å². The van der Waals surface area contributed by atoms with E-state index in [0.29, 0.717) is 5.56 Å². The molecule has 0 aliphatic rings. The summed E-state index contributed by atoms with van der Waals surface area (Å²) >= 11 is 0. The number of carbonyl (C=O) groups excluding carboxylic acids is 2. The molecule has 0 unspecified atom stereocenters. The quantitative estimate of drug-likeness (QED) is 0.326. The predicted molar refractivity (Wildman–Crippen MR) is 49.2 cm³/mol. The molecule has 7 heteroatoms. The average molecular weight is 251 g/mol. The number of nitrogens with two attached hydrogens (primary N) is 1. The number of aliphatic carboxylic acids is 1. The molecule has 17 heavy (non-hydrogen) atoms. The number of aromatic carboxylic acids is 1. The molecule has 0 radical (unpaired) electrons. The van der Waals surface area contributed by atoms with E-state index in [1.54, 1.807) is 0 Å². The van der Waals surface area contributed by atoms with Crippen molar-refractivity contribution in [2.45, 2.75) is 0 Å². The molecule has 0 saturated carbocycles. The van der Waals surface area contributed by atoms with Crippen molar-refractivity contribution in [2.24, 2.45) is 0 Å². The number of carboxylic acid groups (broad SMARTS) is 2. The SMILES string of the molecule is Nc1ccc(C(=O)[O-])cc1/C=C/C(=O)[O-].[Na+].[Na+]. The summed E-state index contributed by atoms with van der Waals surface area (Å²) in [7, 11) is 0. The standard InChI is InChI=1S/C10H9NO4.2Na/c11-8-3-1-7(10(14)15)5-6(8)2-4-9(12)13;;/h1-5H,11H2,(H,12,13)(H,14,15);;/q;2*+1/p-2/b4-2+;;. The normalized spacial score (nSPS) is 9.18. The maximum Gasteiger partial charge on any atom is 1.00 e. The Balaban J connectivity index is 0. The summed E-state index contributed by atoms with van der Waals surface area (Å²) in [6, 6.07) is 3.87. The van der Waals surface area contributed by atoms with E-state index in [9.17, 15) is 19.8 Å². The predicted octanol–water partition coefficient (Wildman–Crippen LogP) is -7.60. The van der Waals surface area contributed by atoms with E-state index in [4.69, 9.17) is 5.73 Å². The smallest absolute Gasteiger partial charge is 0.545 e. The van der Waals surface area contributed by atoms with Gasteiger partial charge in [-0.3, -0.25) is 0 Å². The topological polar surface area (TPSA) is 106 Å². The van der Waals surface area contributed by atoms with Crippen LogP contribution < -0.4 is 75.1 Å². The number of nitrogen functional groups attached to an aromatic ring is 1. The maximum absolute atomic E-state index is 10.5. The van der Waals surface area contributed by atoms with Crippen LogP contribution in [-0.4, -0.2) is 11.9 Å². The summed E-state index contributed by atoms with van der Waals surface area (Å²) in [5.74, 6) is -2.73. The minimum Gasteiger partial charge on any atom is -0.545 e. The van der Waals surface area contributed by atoms with E-state index >= 15 is 0 Å². The molecule has 1 rings (SSSR count). The van der Waals surface area contributed by atoms with Crippen molar-refractivity contribution < 1.29 is 78.9 Å². The van der Waals surface area contributed by atoms with E-state index < -0.39 is 11.9 Å². The zero-order chi connectivity index (χ0) is 11.4. The molecule has 0 heterocycles. The Labute approximate surface area is 142 Å². The van der Waals surface area contributed by atoms with Gasteiger partial charge in [0.1, 0.15) is 0 Å². The Morgan fingerprint density at radius 3 is 2.24 bits per heavy atom. The fraction of sp³-hybridized carbons (Fsp3) is 0. The van der Waals surface area contributed by atoms with Crippen LogP contribution >= 0.6 is 0 Å². The van der Waals surface area contributed by atoms with Gasteiger partial charge in [0.05, 0.1) is 11.9 Å². The number of rotatable bonds is 3. The van der Waals surface area contributed by atoms with Crippen LogP contribution in [0.25, 0.3) is 6.08 Å². The fourth-order valence-electron chi connectivity index (χ4n) is 1.00. The van der Waals surface area contributed by atoms with Gasteiger partial charge in [-0.2, -0.15) is 0 Å². The molecule has 0 amide bonds. The van der Waals surface area contributed by atoms with Gasteiger partial charge in [0, 0.05) is 5.69 Å². The van der Waals surface area contributed by atoms with Crippen LogP contribution in [0.5, 0.6) is 0 Å². The number of carbonyl (C=O) groups is 2. The van der Waals surface area contributed by atoms with Crippen molar-refractivity contribution in [3.63, 3.8) is 0 Å². The van der Waals surface area contributed by atoms with Crippen LogP contribution in [0.4, 0.5) is 5.69 Å². The first-order valence-corrected chi connectivity index (χ1v) is 4.00. The molecule has 78 valence electrons. The van der Waals surface area contributed by atoms with Crippen LogP contribution in [0.2, 0.25) is 0 Å². The molecule has 0 saturated heterocycles. The Morgan fingerprint density at radius 2 is 1.76 bits per heavy atom. The molecule has 0 bridgehead atoms. The molecule has 1 aromatic rings. The van der Waals surface area contributed by atoms with Gasteiger partial charge in [0.2, 0.25) is 0 Å². The Hall–Kier alpha value is -0.300. The third kappa shape index (κ3) is 6.26.